The van der Waals surface area contributed by atoms with Gasteiger partial charge >= 0.3 is 0 Å². The zero-order valence-corrected chi connectivity index (χ0v) is 20.3. The quantitative estimate of drug-likeness (QED) is 0.326. The first-order valence-electron chi connectivity index (χ1n) is 12.6. The van der Waals surface area contributed by atoms with Crippen LogP contribution in [0.2, 0.25) is 0 Å². The van der Waals surface area contributed by atoms with Gasteiger partial charge in [0.1, 0.15) is 17.3 Å². The van der Waals surface area contributed by atoms with Crippen LogP contribution >= 0.6 is 0 Å². The smallest absolute Gasteiger partial charge is 0.127 e. The third kappa shape index (κ3) is 4.03. The minimum absolute atomic E-state index is 0.0979. The maximum atomic E-state index is 13.4. The zero-order chi connectivity index (χ0) is 24.7. The Kier molecular flexibility index (Phi) is 5.73. The number of para-hydroxylation sites is 1. The molecular formula is C31H29FN2O2. The van der Waals surface area contributed by atoms with E-state index in [9.17, 15) is 9.50 Å². The minimum Gasteiger partial charge on any atom is -0.457 e. The number of hydrogen-bond acceptors (Lipinski definition) is 3. The van der Waals surface area contributed by atoms with Crippen molar-refractivity contribution in [3.05, 3.63) is 113 Å². The van der Waals surface area contributed by atoms with Gasteiger partial charge in [0, 0.05) is 0 Å². The van der Waals surface area contributed by atoms with Crippen LogP contribution < -0.4 is 4.74 Å². The van der Waals surface area contributed by atoms with Gasteiger partial charge in [-0.15, -0.1) is 0 Å². The highest BCUT2D eigenvalue weighted by Crippen LogP contribution is 2.54. The summed E-state index contributed by atoms with van der Waals surface area (Å²) < 4.78 is 21.3. The van der Waals surface area contributed by atoms with Crippen molar-refractivity contribution in [2.75, 3.05) is 0 Å². The molecule has 1 fully saturated rings. The van der Waals surface area contributed by atoms with Crippen LogP contribution in [0.25, 0.3) is 11.8 Å². The SMILES string of the molecule is C[C@]12Cc3cnn(-c4ccc(F)cc4)c3C=C1CCC[C@@H]2C(O)c1ccc(Oc2ccccc2)cc1. The van der Waals surface area contributed by atoms with E-state index in [1.54, 1.807) is 12.1 Å². The van der Waals surface area contributed by atoms with Crippen LogP contribution in [-0.4, -0.2) is 14.9 Å². The van der Waals surface area contributed by atoms with Crippen molar-refractivity contribution < 1.29 is 14.2 Å². The molecule has 1 aromatic heterocycles. The Bertz CT molecular complexity index is 1390. The van der Waals surface area contributed by atoms with Crippen molar-refractivity contribution in [2.24, 2.45) is 11.3 Å². The molecule has 5 heteroatoms. The van der Waals surface area contributed by atoms with E-state index in [2.05, 4.69) is 18.1 Å². The molecule has 0 bridgehead atoms. The fourth-order valence-corrected chi connectivity index (χ4v) is 5.96. The molecule has 2 aliphatic rings. The largest absolute Gasteiger partial charge is 0.457 e. The van der Waals surface area contributed by atoms with Crippen molar-refractivity contribution in [3.8, 4) is 17.2 Å². The Morgan fingerprint density at radius 1 is 1.00 bits per heavy atom. The first-order valence-corrected chi connectivity index (χ1v) is 12.6. The number of rotatable bonds is 5. The molecule has 1 unspecified atom stereocenters. The number of nitrogens with zero attached hydrogens (tertiary/aromatic N) is 2. The first kappa shape index (κ1) is 22.7. The number of halogens is 1. The predicted molar refractivity (Wildman–Crippen MR) is 139 cm³/mol. The van der Waals surface area contributed by atoms with E-state index in [1.807, 2.05) is 65.5 Å². The molecule has 1 heterocycles. The third-order valence-corrected chi connectivity index (χ3v) is 7.92. The van der Waals surface area contributed by atoms with E-state index in [-0.39, 0.29) is 17.2 Å². The summed E-state index contributed by atoms with van der Waals surface area (Å²) in [5.74, 6) is 1.39. The fourth-order valence-electron chi connectivity index (χ4n) is 5.96. The van der Waals surface area contributed by atoms with Gasteiger partial charge in [-0.3, -0.25) is 0 Å². The molecule has 3 aromatic carbocycles. The van der Waals surface area contributed by atoms with E-state index in [1.165, 1.54) is 17.7 Å². The predicted octanol–water partition coefficient (Wildman–Crippen LogP) is 7.28. The first-order chi connectivity index (χ1) is 17.5. The molecule has 0 radical (unpaired) electrons. The molecule has 6 rings (SSSR count). The number of fused-ring (bicyclic) bond motifs is 2. The lowest BCUT2D eigenvalue weighted by Gasteiger charge is -2.47. The summed E-state index contributed by atoms with van der Waals surface area (Å²) in [6, 6.07) is 24.0. The van der Waals surface area contributed by atoms with Crippen LogP contribution in [0.1, 0.15) is 49.1 Å². The van der Waals surface area contributed by atoms with Gasteiger partial charge in [-0.25, -0.2) is 9.07 Å². The molecule has 0 spiro atoms. The van der Waals surface area contributed by atoms with Crippen molar-refractivity contribution in [1.29, 1.82) is 0 Å². The summed E-state index contributed by atoms with van der Waals surface area (Å²) in [7, 11) is 0. The topological polar surface area (TPSA) is 47.3 Å². The monoisotopic (exact) mass is 480 g/mol. The van der Waals surface area contributed by atoms with Crippen molar-refractivity contribution in [2.45, 2.75) is 38.7 Å². The summed E-state index contributed by atoms with van der Waals surface area (Å²) in [5, 5.41) is 16.2. The molecule has 2 aliphatic carbocycles. The number of aliphatic hydroxyl groups excluding tert-OH is 1. The van der Waals surface area contributed by atoms with E-state index >= 15 is 0 Å². The zero-order valence-electron chi connectivity index (χ0n) is 20.3. The lowest BCUT2D eigenvalue weighted by molar-refractivity contribution is 0.0217. The summed E-state index contributed by atoms with van der Waals surface area (Å²) in [6.07, 6.45) is 7.45. The summed E-state index contributed by atoms with van der Waals surface area (Å²) in [4.78, 5) is 0. The molecule has 36 heavy (non-hydrogen) atoms. The van der Waals surface area contributed by atoms with Gasteiger partial charge in [0.15, 0.2) is 0 Å². The van der Waals surface area contributed by atoms with Gasteiger partial charge in [-0.1, -0.05) is 42.8 Å². The lowest BCUT2D eigenvalue weighted by atomic mass is 9.57. The highest BCUT2D eigenvalue weighted by atomic mass is 19.1. The third-order valence-electron chi connectivity index (χ3n) is 7.92. The van der Waals surface area contributed by atoms with Gasteiger partial charge in [0.25, 0.3) is 0 Å². The van der Waals surface area contributed by atoms with Crippen molar-refractivity contribution in [3.63, 3.8) is 0 Å². The molecule has 4 aromatic rings. The molecule has 3 atom stereocenters. The highest BCUT2D eigenvalue weighted by Gasteiger charge is 2.46. The maximum absolute atomic E-state index is 13.4. The Morgan fingerprint density at radius 3 is 2.47 bits per heavy atom. The highest BCUT2D eigenvalue weighted by molar-refractivity contribution is 5.61. The van der Waals surface area contributed by atoms with Crippen LogP contribution in [0.3, 0.4) is 0 Å². The number of benzene rings is 3. The second kappa shape index (κ2) is 9.07. The summed E-state index contributed by atoms with van der Waals surface area (Å²) in [5.41, 5.74) is 5.20. The Balaban J connectivity index is 1.26. The number of aliphatic hydroxyl groups is 1. The van der Waals surface area contributed by atoms with Gasteiger partial charge in [-0.2, -0.15) is 5.10 Å². The van der Waals surface area contributed by atoms with Crippen LogP contribution in [0.15, 0.2) is 90.6 Å². The van der Waals surface area contributed by atoms with Crippen molar-refractivity contribution in [1.82, 2.24) is 9.78 Å². The normalized spacial score (nSPS) is 21.8. The molecular weight excluding hydrogens is 451 g/mol. The van der Waals surface area contributed by atoms with Crippen LogP contribution in [0, 0.1) is 17.2 Å². The van der Waals surface area contributed by atoms with Crippen LogP contribution in [0.4, 0.5) is 4.39 Å². The van der Waals surface area contributed by atoms with Crippen LogP contribution in [-0.2, 0) is 6.42 Å². The van der Waals surface area contributed by atoms with E-state index in [0.717, 1.165) is 59.7 Å². The van der Waals surface area contributed by atoms with E-state index in [0.29, 0.717) is 0 Å². The molecule has 0 amide bonds. The fraction of sp³-hybridized carbons (Fsp3) is 0.258. The second-order valence-corrected chi connectivity index (χ2v) is 10.1. The molecule has 0 aliphatic heterocycles. The number of aromatic nitrogens is 2. The van der Waals surface area contributed by atoms with Gasteiger partial charge in [0.05, 0.1) is 23.7 Å². The molecule has 1 N–H and O–H groups in total. The minimum atomic E-state index is -0.571. The van der Waals surface area contributed by atoms with Crippen molar-refractivity contribution >= 4 is 6.08 Å². The number of hydrogen-bond donors (Lipinski definition) is 1. The molecule has 182 valence electrons. The average molecular weight is 481 g/mol. The van der Waals surface area contributed by atoms with Gasteiger partial charge in [0.2, 0.25) is 0 Å². The second-order valence-electron chi connectivity index (χ2n) is 10.1. The van der Waals surface area contributed by atoms with Gasteiger partial charge < -0.3 is 9.84 Å². The lowest BCUT2D eigenvalue weighted by Crippen LogP contribution is -2.40. The van der Waals surface area contributed by atoms with Gasteiger partial charge in [-0.05, 0) is 103 Å². The standard InChI is InChI=1S/C31H29FN2O2/c1-31-19-22-20-33-34(25-14-12-24(32)13-15-25)29(22)18-23(31)6-5-9-28(31)30(35)21-10-16-27(17-11-21)36-26-7-3-2-4-8-26/h2-4,7-8,10-18,20,28,30,35H,5-6,9,19H2,1H3/t28-,30?,31+/m1/s1. The van der Waals surface area contributed by atoms with E-state index in [4.69, 9.17) is 4.74 Å². The molecule has 4 nitrogen and oxygen atoms in total. The van der Waals surface area contributed by atoms with E-state index < -0.39 is 6.10 Å². The Hall–Kier alpha value is -3.70. The Morgan fingerprint density at radius 2 is 1.72 bits per heavy atom. The Labute approximate surface area is 210 Å². The average Bonchev–Trinajstić information content (AvgIpc) is 3.30. The molecule has 0 saturated heterocycles. The molecule has 1 saturated carbocycles. The summed E-state index contributed by atoms with van der Waals surface area (Å²) in [6.45, 7) is 2.29. The summed E-state index contributed by atoms with van der Waals surface area (Å²) >= 11 is 0. The number of allylic oxidation sites excluding steroid dienone is 1. The van der Waals surface area contributed by atoms with Crippen LogP contribution in [0.5, 0.6) is 11.5 Å². The maximum Gasteiger partial charge on any atom is 0.127 e. The number of ether oxygens (including phenoxy) is 1.